The van der Waals surface area contributed by atoms with Crippen LogP contribution in [0.25, 0.3) is 0 Å². The summed E-state index contributed by atoms with van der Waals surface area (Å²) >= 11 is 0.971. The third-order valence-electron chi connectivity index (χ3n) is 4.99. The number of hydrogen-bond acceptors (Lipinski definition) is 4. The Balaban J connectivity index is 2.11. The van der Waals surface area contributed by atoms with Gasteiger partial charge in [-0.2, -0.15) is 13.2 Å². The number of rotatable bonds is 3. The monoisotopic (exact) mass is 426 g/mol. The van der Waals surface area contributed by atoms with Crippen molar-refractivity contribution in [1.82, 2.24) is 10.6 Å². The van der Waals surface area contributed by atoms with Crippen molar-refractivity contribution < 1.29 is 27.9 Å². The summed E-state index contributed by atoms with van der Waals surface area (Å²) in [5.41, 5.74) is -2.65. The second-order valence-corrected chi connectivity index (χ2v) is 8.98. The van der Waals surface area contributed by atoms with Gasteiger partial charge in [0.1, 0.15) is 5.92 Å². The molecule has 3 unspecified atom stereocenters. The number of hydrogen-bond donors (Lipinski definition) is 3. The van der Waals surface area contributed by atoms with Gasteiger partial charge in [0.2, 0.25) is 5.72 Å². The molecule has 1 aromatic carbocycles. The molecule has 0 radical (unpaired) electrons. The van der Waals surface area contributed by atoms with Gasteiger partial charge in [-0.3, -0.25) is 4.79 Å². The van der Waals surface area contributed by atoms with Crippen LogP contribution in [-0.4, -0.2) is 28.8 Å². The summed E-state index contributed by atoms with van der Waals surface area (Å²) in [6, 6.07) is 6.98. The summed E-state index contributed by atoms with van der Waals surface area (Å²) in [6.45, 7) is 5.96. The van der Waals surface area contributed by atoms with Crippen molar-refractivity contribution >= 4 is 23.2 Å². The minimum atomic E-state index is -5.26. The number of carbonyl (C=O) groups is 2. The molecule has 3 N–H and O–H groups in total. The molecular weight excluding hydrogens is 405 g/mol. The highest BCUT2D eigenvalue weighted by molar-refractivity contribution is 7.12. The number of ketones is 1. The summed E-state index contributed by atoms with van der Waals surface area (Å²) in [6.07, 6.45) is -5.26. The van der Waals surface area contributed by atoms with Crippen LogP contribution in [-0.2, 0) is 5.41 Å². The van der Waals surface area contributed by atoms with E-state index in [1.54, 1.807) is 29.6 Å². The van der Waals surface area contributed by atoms with E-state index in [-0.39, 0.29) is 10.3 Å². The van der Waals surface area contributed by atoms with E-state index in [4.69, 9.17) is 0 Å². The number of thiophene rings is 1. The average molecular weight is 426 g/mol. The number of Topliss-reactive ketones (excluding diaryl/α,β-unsaturated/α-hetero) is 1. The second kappa shape index (κ2) is 7.14. The molecular formula is C20H21F3N2O3S. The van der Waals surface area contributed by atoms with E-state index in [0.717, 1.165) is 16.9 Å². The Morgan fingerprint density at radius 2 is 1.76 bits per heavy atom. The lowest BCUT2D eigenvalue weighted by atomic mass is 9.78. The van der Waals surface area contributed by atoms with Crippen LogP contribution in [0.1, 0.15) is 47.6 Å². The highest BCUT2D eigenvalue weighted by atomic mass is 32.1. The van der Waals surface area contributed by atoms with E-state index in [0.29, 0.717) is 5.56 Å². The maximum atomic E-state index is 13.8. The SMILES string of the molecule is CC(C)(C)c1ccc(C2NC(=O)NC(O)(C(F)(F)F)C2C(=O)c2cccs2)cc1. The number of alkyl halides is 3. The first-order valence-corrected chi connectivity index (χ1v) is 9.78. The van der Waals surface area contributed by atoms with E-state index in [1.807, 2.05) is 20.8 Å². The number of nitrogens with one attached hydrogen (secondary N) is 2. The first kappa shape index (κ1) is 21.3. The number of halogens is 3. The normalized spacial score (nSPS) is 25.3. The Labute approximate surface area is 169 Å². The largest absolute Gasteiger partial charge is 0.437 e. The van der Waals surface area contributed by atoms with Gasteiger partial charge >= 0.3 is 12.2 Å². The van der Waals surface area contributed by atoms with E-state index in [2.05, 4.69) is 5.32 Å². The molecule has 1 aliphatic heterocycles. The van der Waals surface area contributed by atoms with Gasteiger partial charge in [-0.05, 0) is 28.0 Å². The first-order valence-electron chi connectivity index (χ1n) is 8.90. The van der Waals surface area contributed by atoms with Crippen LogP contribution >= 0.6 is 11.3 Å². The van der Waals surface area contributed by atoms with Crippen LogP contribution in [0.5, 0.6) is 0 Å². The lowest BCUT2D eigenvalue weighted by molar-refractivity contribution is -0.287. The summed E-state index contributed by atoms with van der Waals surface area (Å²) in [5.74, 6) is -2.91. The predicted molar refractivity (Wildman–Crippen MR) is 103 cm³/mol. The number of benzene rings is 1. The van der Waals surface area contributed by atoms with Gasteiger partial charge in [0.05, 0.1) is 10.9 Å². The molecule has 1 aliphatic rings. The van der Waals surface area contributed by atoms with Gasteiger partial charge in [0.15, 0.2) is 5.78 Å². The van der Waals surface area contributed by atoms with Gasteiger partial charge in [-0.25, -0.2) is 4.79 Å². The molecule has 3 atom stereocenters. The summed E-state index contributed by atoms with van der Waals surface area (Å²) in [5, 5.41) is 16.0. The molecule has 2 amide bonds. The van der Waals surface area contributed by atoms with Crippen molar-refractivity contribution in [1.29, 1.82) is 0 Å². The fourth-order valence-electron chi connectivity index (χ4n) is 3.38. The van der Waals surface area contributed by atoms with Crippen molar-refractivity contribution in [2.24, 2.45) is 5.92 Å². The summed E-state index contributed by atoms with van der Waals surface area (Å²) in [7, 11) is 0. The van der Waals surface area contributed by atoms with Crippen LogP contribution in [0, 0.1) is 5.92 Å². The molecule has 5 nitrogen and oxygen atoms in total. The van der Waals surface area contributed by atoms with Crippen LogP contribution < -0.4 is 10.6 Å². The maximum Gasteiger partial charge on any atom is 0.437 e. The maximum absolute atomic E-state index is 13.8. The molecule has 0 bridgehead atoms. The van der Waals surface area contributed by atoms with Crippen molar-refractivity contribution in [3.8, 4) is 0 Å². The topological polar surface area (TPSA) is 78.4 Å². The molecule has 1 saturated heterocycles. The number of amides is 2. The Bertz CT molecular complexity index is 905. The molecule has 1 fully saturated rings. The Morgan fingerprint density at radius 1 is 1.14 bits per heavy atom. The second-order valence-electron chi connectivity index (χ2n) is 8.03. The van der Waals surface area contributed by atoms with Gasteiger partial charge in [-0.1, -0.05) is 51.1 Å². The zero-order valence-corrected chi connectivity index (χ0v) is 16.8. The zero-order valence-electron chi connectivity index (χ0n) is 16.0. The third-order valence-corrected chi connectivity index (χ3v) is 5.87. The quantitative estimate of drug-likeness (QED) is 0.646. The van der Waals surface area contributed by atoms with Crippen molar-refractivity contribution in [2.75, 3.05) is 0 Å². The van der Waals surface area contributed by atoms with Crippen LogP contribution in [0.15, 0.2) is 41.8 Å². The molecule has 0 saturated carbocycles. The van der Waals surface area contributed by atoms with E-state index in [1.165, 1.54) is 17.4 Å². The predicted octanol–water partition coefficient (Wildman–Crippen LogP) is 4.15. The molecule has 29 heavy (non-hydrogen) atoms. The Kier molecular flexibility index (Phi) is 5.25. The minimum absolute atomic E-state index is 0.0620. The molecule has 3 rings (SSSR count). The van der Waals surface area contributed by atoms with E-state index >= 15 is 0 Å². The van der Waals surface area contributed by atoms with Crippen molar-refractivity contribution in [3.05, 3.63) is 57.8 Å². The summed E-state index contributed by atoms with van der Waals surface area (Å²) < 4.78 is 41.5. The molecule has 2 heterocycles. The summed E-state index contributed by atoms with van der Waals surface area (Å²) in [4.78, 5) is 25.1. The standard InChI is InChI=1S/C20H21F3N2O3S/c1-18(2,3)12-8-6-11(7-9-12)15-14(16(26)13-5-4-10-29-13)19(28,20(21,22)23)25-17(27)24-15/h4-10,14-15,28H,1-3H3,(H2,24,25,27). The van der Waals surface area contributed by atoms with Crippen molar-refractivity contribution in [3.63, 3.8) is 0 Å². The molecule has 2 aromatic rings. The lowest BCUT2D eigenvalue weighted by Gasteiger charge is -2.45. The average Bonchev–Trinajstić information content (AvgIpc) is 3.13. The molecule has 9 heteroatoms. The fourth-order valence-corrected chi connectivity index (χ4v) is 4.08. The van der Waals surface area contributed by atoms with Gasteiger partial charge in [0, 0.05) is 0 Å². The lowest BCUT2D eigenvalue weighted by Crippen LogP contribution is -2.72. The minimum Gasteiger partial charge on any atom is -0.363 e. The van der Waals surface area contributed by atoms with Gasteiger partial charge < -0.3 is 15.7 Å². The Hall–Kier alpha value is -2.39. The number of urea groups is 1. The highest BCUT2D eigenvalue weighted by Crippen LogP contribution is 2.44. The number of aliphatic hydroxyl groups is 1. The van der Waals surface area contributed by atoms with Crippen LogP contribution in [0.4, 0.5) is 18.0 Å². The van der Waals surface area contributed by atoms with Gasteiger partial charge in [-0.15, -0.1) is 11.3 Å². The smallest absolute Gasteiger partial charge is 0.363 e. The first-order chi connectivity index (χ1) is 13.3. The molecule has 1 aromatic heterocycles. The zero-order chi connectivity index (χ0) is 21.6. The van der Waals surface area contributed by atoms with Gasteiger partial charge in [0.25, 0.3) is 0 Å². The highest BCUT2D eigenvalue weighted by Gasteiger charge is 2.66. The fraction of sp³-hybridized carbons (Fsp3) is 0.400. The van der Waals surface area contributed by atoms with E-state index in [9.17, 15) is 27.9 Å². The van der Waals surface area contributed by atoms with Crippen LogP contribution in [0.2, 0.25) is 0 Å². The molecule has 0 aliphatic carbocycles. The van der Waals surface area contributed by atoms with E-state index < -0.39 is 35.7 Å². The third kappa shape index (κ3) is 3.89. The molecule has 156 valence electrons. The molecule has 0 spiro atoms. The number of carbonyl (C=O) groups excluding carboxylic acids is 2. The Morgan fingerprint density at radius 3 is 2.24 bits per heavy atom. The van der Waals surface area contributed by atoms with Crippen LogP contribution in [0.3, 0.4) is 0 Å². The van der Waals surface area contributed by atoms with Crippen molar-refractivity contribution in [2.45, 2.75) is 44.1 Å².